The molecule has 0 saturated carbocycles. The van der Waals surface area contributed by atoms with Gasteiger partial charge in [-0.05, 0) is 11.6 Å². The SMILES string of the molecule is ICc1nn(Cc2ccccc2)c2ccccc12. The quantitative estimate of drug-likeness (QED) is 0.516. The smallest absolute Gasteiger partial charge is 0.0800 e. The van der Waals surface area contributed by atoms with Gasteiger partial charge in [0.1, 0.15) is 0 Å². The molecular formula is C15H13IN2. The molecule has 0 spiro atoms. The standard InChI is InChI=1S/C15H13IN2/c16-10-14-13-8-4-5-9-15(13)18(17-14)11-12-6-2-1-3-7-12/h1-9H,10-11H2. The van der Waals surface area contributed by atoms with Crippen molar-refractivity contribution < 1.29 is 0 Å². The van der Waals surface area contributed by atoms with Gasteiger partial charge < -0.3 is 0 Å². The molecule has 2 nitrogen and oxygen atoms in total. The summed E-state index contributed by atoms with van der Waals surface area (Å²) < 4.78 is 3.04. The van der Waals surface area contributed by atoms with E-state index >= 15 is 0 Å². The molecule has 0 aliphatic heterocycles. The van der Waals surface area contributed by atoms with E-state index in [1.165, 1.54) is 22.2 Å². The van der Waals surface area contributed by atoms with Crippen molar-refractivity contribution >= 4 is 33.5 Å². The zero-order valence-corrected chi connectivity index (χ0v) is 12.0. The van der Waals surface area contributed by atoms with E-state index in [9.17, 15) is 0 Å². The van der Waals surface area contributed by atoms with Gasteiger partial charge in [0.2, 0.25) is 0 Å². The Morgan fingerprint density at radius 1 is 0.944 bits per heavy atom. The van der Waals surface area contributed by atoms with E-state index in [0.29, 0.717) is 0 Å². The Bertz CT molecular complexity index is 659. The number of benzene rings is 2. The van der Waals surface area contributed by atoms with Crippen molar-refractivity contribution in [2.75, 3.05) is 0 Å². The first kappa shape index (κ1) is 11.7. The van der Waals surface area contributed by atoms with Crippen LogP contribution in [0.15, 0.2) is 54.6 Å². The third kappa shape index (κ3) is 2.14. The Morgan fingerprint density at radius 2 is 1.67 bits per heavy atom. The molecule has 0 saturated heterocycles. The molecule has 1 aromatic heterocycles. The van der Waals surface area contributed by atoms with E-state index in [1.54, 1.807) is 0 Å². The van der Waals surface area contributed by atoms with Crippen molar-refractivity contribution in [2.24, 2.45) is 0 Å². The predicted octanol–water partition coefficient (Wildman–Crippen LogP) is 4.02. The number of nitrogens with zero attached hydrogens (tertiary/aromatic N) is 2. The highest BCUT2D eigenvalue weighted by atomic mass is 127. The molecule has 0 aliphatic rings. The summed E-state index contributed by atoms with van der Waals surface area (Å²) in [4.78, 5) is 0. The molecule has 0 fully saturated rings. The third-order valence-electron chi connectivity index (χ3n) is 3.04. The van der Waals surface area contributed by atoms with Crippen molar-refractivity contribution in [3.8, 4) is 0 Å². The van der Waals surface area contributed by atoms with E-state index < -0.39 is 0 Å². The summed E-state index contributed by atoms with van der Waals surface area (Å²) in [5.41, 5.74) is 3.67. The van der Waals surface area contributed by atoms with Crippen LogP contribution in [-0.4, -0.2) is 9.78 Å². The van der Waals surface area contributed by atoms with Crippen molar-refractivity contribution in [1.29, 1.82) is 0 Å². The summed E-state index contributed by atoms with van der Waals surface area (Å²) in [5.74, 6) is 0. The molecule has 3 heteroatoms. The Kier molecular flexibility index (Phi) is 3.32. The average Bonchev–Trinajstić information content (AvgIpc) is 2.78. The Balaban J connectivity index is 2.07. The van der Waals surface area contributed by atoms with Gasteiger partial charge in [0.15, 0.2) is 0 Å². The largest absolute Gasteiger partial charge is 0.260 e. The van der Waals surface area contributed by atoms with E-state index in [-0.39, 0.29) is 0 Å². The maximum Gasteiger partial charge on any atom is 0.0800 e. The molecule has 0 unspecified atom stereocenters. The highest BCUT2D eigenvalue weighted by Crippen LogP contribution is 2.21. The number of hydrogen-bond acceptors (Lipinski definition) is 1. The number of aromatic nitrogens is 2. The molecule has 90 valence electrons. The molecule has 0 amide bonds. The molecule has 2 aromatic carbocycles. The lowest BCUT2D eigenvalue weighted by Crippen LogP contribution is -2.01. The van der Waals surface area contributed by atoms with Crippen LogP contribution >= 0.6 is 22.6 Å². The number of fused-ring (bicyclic) bond motifs is 1. The second kappa shape index (κ2) is 5.10. The van der Waals surface area contributed by atoms with Crippen molar-refractivity contribution in [3.05, 3.63) is 65.9 Å². The summed E-state index contributed by atoms with van der Waals surface area (Å²) in [6.07, 6.45) is 0. The van der Waals surface area contributed by atoms with Crippen LogP contribution in [0.4, 0.5) is 0 Å². The Hall–Kier alpha value is -1.36. The van der Waals surface area contributed by atoms with Crippen molar-refractivity contribution in [3.63, 3.8) is 0 Å². The highest BCUT2D eigenvalue weighted by Gasteiger charge is 2.08. The van der Waals surface area contributed by atoms with Crippen LogP contribution in [0.3, 0.4) is 0 Å². The first-order valence-corrected chi connectivity index (χ1v) is 7.45. The van der Waals surface area contributed by atoms with Crippen LogP contribution in [0.25, 0.3) is 10.9 Å². The van der Waals surface area contributed by atoms with Gasteiger partial charge in [0.05, 0.1) is 17.8 Å². The maximum absolute atomic E-state index is 4.71. The number of rotatable bonds is 3. The van der Waals surface area contributed by atoms with E-state index in [1.807, 2.05) is 6.07 Å². The van der Waals surface area contributed by atoms with Crippen molar-refractivity contribution in [1.82, 2.24) is 9.78 Å². The number of halogens is 1. The van der Waals surface area contributed by atoms with Crippen LogP contribution in [-0.2, 0) is 11.0 Å². The normalized spacial score (nSPS) is 10.9. The lowest BCUT2D eigenvalue weighted by molar-refractivity contribution is 0.703. The van der Waals surface area contributed by atoms with Gasteiger partial charge in [-0.15, -0.1) is 0 Å². The molecular weight excluding hydrogens is 335 g/mol. The summed E-state index contributed by atoms with van der Waals surface area (Å²) in [6.45, 7) is 0.831. The van der Waals surface area contributed by atoms with Crippen LogP contribution in [0.2, 0.25) is 0 Å². The van der Waals surface area contributed by atoms with Gasteiger partial charge >= 0.3 is 0 Å². The summed E-state index contributed by atoms with van der Waals surface area (Å²) in [5, 5.41) is 5.98. The average molecular weight is 348 g/mol. The Morgan fingerprint density at radius 3 is 2.44 bits per heavy atom. The maximum atomic E-state index is 4.71. The zero-order chi connectivity index (χ0) is 12.4. The lowest BCUT2D eigenvalue weighted by Gasteiger charge is -2.03. The molecule has 0 atom stereocenters. The minimum atomic E-state index is 0.831. The van der Waals surface area contributed by atoms with Crippen molar-refractivity contribution in [2.45, 2.75) is 11.0 Å². The highest BCUT2D eigenvalue weighted by molar-refractivity contribution is 14.1. The van der Waals surface area contributed by atoms with Gasteiger partial charge in [0.25, 0.3) is 0 Å². The molecule has 0 N–H and O–H groups in total. The number of alkyl halides is 1. The van der Waals surface area contributed by atoms with E-state index in [4.69, 9.17) is 5.10 Å². The minimum Gasteiger partial charge on any atom is -0.260 e. The van der Waals surface area contributed by atoms with Crippen LogP contribution in [0.5, 0.6) is 0 Å². The fraction of sp³-hybridized carbons (Fsp3) is 0.133. The van der Waals surface area contributed by atoms with Gasteiger partial charge in [-0.3, -0.25) is 4.68 Å². The van der Waals surface area contributed by atoms with Crippen LogP contribution in [0, 0.1) is 0 Å². The predicted molar refractivity (Wildman–Crippen MR) is 83.0 cm³/mol. The Labute approximate surface area is 120 Å². The molecule has 1 heterocycles. The van der Waals surface area contributed by atoms with Gasteiger partial charge in [-0.2, -0.15) is 5.10 Å². The topological polar surface area (TPSA) is 17.8 Å². The molecule has 3 rings (SSSR count). The van der Waals surface area contributed by atoms with E-state index in [0.717, 1.165) is 11.0 Å². The summed E-state index contributed by atoms with van der Waals surface area (Å²) in [7, 11) is 0. The first-order valence-electron chi connectivity index (χ1n) is 5.93. The molecule has 0 aliphatic carbocycles. The second-order valence-corrected chi connectivity index (χ2v) is 5.00. The second-order valence-electron chi connectivity index (χ2n) is 4.24. The fourth-order valence-corrected chi connectivity index (χ4v) is 2.74. The van der Waals surface area contributed by atoms with Crippen LogP contribution < -0.4 is 0 Å². The molecule has 0 bridgehead atoms. The summed E-state index contributed by atoms with van der Waals surface area (Å²) >= 11 is 2.37. The number of hydrogen-bond donors (Lipinski definition) is 0. The third-order valence-corrected chi connectivity index (χ3v) is 3.76. The van der Waals surface area contributed by atoms with Crippen LogP contribution in [0.1, 0.15) is 11.3 Å². The molecule has 18 heavy (non-hydrogen) atoms. The molecule has 3 aromatic rings. The fourth-order valence-electron chi connectivity index (χ4n) is 2.17. The lowest BCUT2D eigenvalue weighted by atomic mass is 10.2. The number of para-hydroxylation sites is 1. The van der Waals surface area contributed by atoms with Gasteiger partial charge in [-0.1, -0.05) is 71.1 Å². The monoisotopic (exact) mass is 348 g/mol. The van der Waals surface area contributed by atoms with E-state index in [2.05, 4.69) is 75.8 Å². The van der Waals surface area contributed by atoms with Gasteiger partial charge in [0, 0.05) is 9.81 Å². The minimum absolute atomic E-state index is 0.831. The summed E-state index contributed by atoms with van der Waals surface area (Å²) in [6, 6.07) is 18.9. The zero-order valence-electron chi connectivity index (χ0n) is 9.88. The molecule has 0 radical (unpaired) electrons. The van der Waals surface area contributed by atoms with Gasteiger partial charge in [-0.25, -0.2) is 0 Å². The first-order chi connectivity index (χ1) is 8.88.